The lowest BCUT2D eigenvalue weighted by Gasteiger charge is -2.13. The van der Waals surface area contributed by atoms with E-state index in [0.29, 0.717) is 11.6 Å². The van der Waals surface area contributed by atoms with Gasteiger partial charge in [0.15, 0.2) is 11.6 Å². The largest absolute Gasteiger partial charge is 0.490 e. The Morgan fingerprint density at radius 3 is 2.58 bits per heavy atom. The number of hydrogen-bond donors (Lipinski definition) is 2. The standard InChI is InChI=1S/C12H12F2N4O/c1-15-11-10(19-2)12(17-6-16-11)18-9-5-7(13)3-4-8(9)14/h3-6H,1-2H3,(H2,15,16,17,18). The van der Waals surface area contributed by atoms with E-state index in [1.165, 1.54) is 13.4 Å². The second kappa shape index (κ2) is 5.47. The average molecular weight is 266 g/mol. The smallest absolute Gasteiger partial charge is 0.204 e. The van der Waals surface area contributed by atoms with Crippen LogP contribution in [0.15, 0.2) is 24.5 Å². The first-order valence-electron chi connectivity index (χ1n) is 5.44. The highest BCUT2D eigenvalue weighted by Crippen LogP contribution is 2.31. The number of anilines is 3. The Morgan fingerprint density at radius 1 is 1.16 bits per heavy atom. The van der Waals surface area contributed by atoms with Crippen LogP contribution in [0.25, 0.3) is 0 Å². The van der Waals surface area contributed by atoms with Crippen molar-refractivity contribution < 1.29 is 13.5 Å². The number of nitrogens with zero attached hydrogens (tertiary/aromatic N) is 2. The van der Waals surface area contributed by atoms with Crippen LogP contribution in [0.4, 0.5) is 26.1 Å². The topological polar surface area (TPSA) is 59.1 Å². The van der Waals surface area contributed by atoms with Crippen molar-refractivity contribution in [1.82, 2.24) is 9.97 Å². The third kappa shape index (κ3) is 2.70. The number of benzene rings is 1. The zero-order chi connectivity index (χ0) is 13.8. The molecular weight excluding hydrogens is 254 g/mol. The fraction of sp³-hybridized carbons (Fsp3) is 0.167. The van der Waals surface area contributed by atoms with E-state index in [1.807, 2.05) is 0 Å². The van der Waals surface area contributed by atoms with Crippen LogP contribution in [0.2, 0.25) is 0 Å². The predicted octanol–water partition coefficient (Wildman–Crippen LogP) is 2.55. The van der Waals surface area contributed by atoms with Crippen LogP contribution in [0, 0.1) is 11.6 Å². The van der Waals surface area contributed by atoms with Crippen molar-refractivity contribution in [2.75, 3.05) is 24.8 Å². The summed E-state index contributed by atoms with van der Waals surface area (Å²) >= 11 is 0. The van der Waals surface area contributed by atoms with Gasteiger partial charge >= 0.3 is 0 Å². The molecule has 2 rings (SSSR count). The fourth-order valence-electron chi connectivity index (χ4n) is 1.56. The second-order valence-electron chi connectivity index (χ2n) is 3.60. The monoisotopic (exact) mass is 266 g/mol. The summed E-state index contributed by atoms with van der Waals surface area (Å²) in [6.07, 6.45) is 1.29. The first kappa shape index (κ1) is 13.0. The minimum absolute atomic E-state index is 0.0287. The molecule has 1 aromatic carbocycles. The molecular formula is C12H12F2N4O. The molecule has 0 radical (unpaired) electrons. The van der Waals surface area contributed by atoms with Gasteiger partial charge in [-0.15, -0.1) is 0 Å². The summed E-state index contributed by atoms with van der Waals surface area (Å²) in [4.78, 5) is 7.90. The summed E-state index contributed by atoms with van der Waals surface area (Å²) in [5.41, 5.74) is -0.0287. The highest BCUT2D eigenvalue weighted by Gasteiger charge is 2.13. The molecule has 0 spiro atoms. The van der Waals surface area contributed by atoms with E-state index in [-0.39, 0.29) is 11.5 Å². The van der Waals surface area contributed by atoms with Crippen LogP contribution < -0.4 is 15.4 Å². The average Bonchev–Trinajstić information content (AvgIpc) is 2.42. The van der Waals surface area contributed by atoms with Crippen molar-refractivity contribution in [1.29, 1.82) is 0 Å². The van der Waals surface area contributed by atoms with E-state index in [9.17, 15) is 8.78 Å². The lowest BCUT2D eigenvalue weighted by atomic mass is 10.3. The molecule has 5 nitrogen and oxygen atoms in total. The Hall–Kier alpha value is -2.44. The Kier molecular flexibility index (Phi) is 3.74. The van der Waals surface area contributed by atoms with Crippen molar-refractivity contribution >= 4 is 17.3 Å². The van der Waals surface area contributed by atoms with Crippen LogP contribution in [0.1, 0.15) is 0 Å². The number of methoxy groups -OCH3 is 1. The fourth-order valence-corrected chi connectivity index (χ4v) is 1.56. The molecule has 0 aliphatic heterocycles. The molecule has 0 atom stereocenters. The molecule has 0 bridgehead atoms. The van der Waals surface area contributed by atoms with Crippen molar-refractivity contribution in [2.24, 2.45) is 0 Å². The van der Waals surface area contributed by atoms with Gasteiger partial charge in [-0.25, -0.2) is 18.7 Å². The van der Waals surface area contributed by atoms with Crippen LogP contribution in [0.3, 0.4) is 0 Å². The maximum Gasteiger partial charge on any atom is 0.204 e. The molecule has 1 heterocycles. The second-order valence-corrected chi connectivity index (χ2v) is 3.60. The van der Waals surface area contributed by atoms with Crippen molar-refractivity contribution in [2.45, 2.75) is 0 Å². The van der Waals surface area contributed by atoms with Gasteiger partial charge in [0.1, 0.15) is 18.0 Å². The quantitative estimate of drug-likeness (QED) is 0.890. The molecule has 7 heteroatoms. The molecule has 0 unspecified atom stereocenters. The van der Waals surface area contributed by atoms with Crippen LogP contribution in [-0.2, 0) is 0 Å². The minimum atomic E-state index is -0.590. The van der Waals surface area contributed by atoms with E-state index < -0.39 is 11.6 Å². The van der Waals surface area contributed by atoms with Crippen LogP contribution >= 0.6 is 0 Å². The van der Waals surface area contributed by atoms with Gasteiger partial charge in [-0.05, 0) is 12.1 Å². The third-order valence-corrected chi connectivity index (χ3v) is 2.43. The number of nitrogens with one attached hydrogen (secondary N) is 2. The first-order chi connectivity index (χ1) is 9.15. The molecule has 0 aliphatic carbocycles. The molecule has 0 aliphatic rings. The predicted molar refractivity (Wildman–Crippen MR) is 67.8 cm³/mol. The van der Waals surface area contributed by atoms with Crippen molar-refractivity contribution in [3.8, 4) is 5.75 Å². The molecule has 0 amide bonds. The normalized spacial score (nSPS) is 10.1. The van der Waals surface area contributed by atoms with Gasteiger partial charge in [0, 0.05) is 13.1 Å². The van der Waals surface area contributed by atoms with E-state index in [1.54, 1.807) is 7.05 Å². The Balaban J connectivity index is 2.40. The van der Waals surface area contributed by atoms with E-state index in [4.69, 9.17) is 4.74 Å². The molecule has 19 heavy (non-hydrogen) atoms. The maximum absolute atomic E-state index is 13.5. The van der Waals surface area contributed by atoms with Crippen molar-refractivity contribution in [3.63, 3.8) is 0 Å². The molecule has 0 fully saturated rings. The van der Waals surface area contributed by atoms with Gasteiger partial charge in [0.05, 0.1) is 12.8 Å². The first-order valence-corrected chi connectivity index (χ1v) is 5.44. The Morgan fingerprint density at radius 2 is 1.89 bits per heavy atom. The summed E-state index contributed by atoms with van der Waals surface area (Å²) in [7, 11) is 3.10. The Labute approximate surface area is 108 Å². The molecule has 0 saturated carbocycles. The summed E-state index contributed by atoms with van der Waals surface area (Å²) < 4.78 is 31.8. The number of halogens is 2. The summed E-state index contributed by atoms with van der Waals surface area (Å²) in [5.74, 6) is -0.143. The lowest BCUT2D eigenvalue weighted by molar-refractivity contribution is 0.415. The van der Waals surface area contributed by atoms with Gasteiger partial charge in [-0.2, -0.15) is 0 Å². The zero-order valence-corrected chi connectivity index (χ0v) is 10.4. The lowest BCUT2D eigenvalue weighted by Crippen LogP contribution is -2.04. The van der Waals surface area contributed by atoms with E-state index in [0.717, 1.165) is 18.2 Å². The molecule has 0 saturated heterocycles. The number of aromatic nitrogens is 2. The van der Waals surface area contributed by atoms with Crippen LogP contribution in [0.5, 0.6) is 5.75 Å². The highest BCUT2D eigenvalue weighted by atomic mass is 19.1. The van der Waals surface area contributed by atoms with Gasteiger partial charge in [-0.3, -0.25) is 0 Å². The van der Waals surface area contributed by atoms with E-state index >= 15 is 0 Å². The minimum Gasteiger partial charge on any atom is -0.490 e. The molecule has 1 aromatic heterocycles. The van der Waals surface area contributed by atoms with E-state index in [2.05, 4.69) is 20.6 Å². The van der Waals surface area contributed by atoms with Crippen LogP contribution in [-0.4, -0.2) is 24.1 Å². The summed E-state index contributed by atoms with van der Waals surface area (Å²) in [6.45, 7) is 0. The molecule has 100 valence electrons. The highest BCUT2D eigenvalue weighted by molar-refractivity contribution is 5.69. The van der Waals surface area contributed by atoms with Gasteiger partial charge in [-0.1, -0.05) is 0 Å². The number of ether oxygens (including phenoxy) is 1. The Bertz CT molecular complexity index is 592. The SMILES string of the molecule is CNc1ncnc(Nc2cc(F)ccc2F)c1OC. The zero-order valence-electron chi connectivity index (χ0n) is 10.4. The third-order valence-electron chi connectivity index (χ3n) is 2.43. The summed E-state index contributed by atoms with van der Waals surface area (Å²) in [5, 5.41) is 5.49. The molecule has 2 N–H and O–H groups in total. The van der Waals surface area contributed by atoms with Crippen molar-refractivity contribution in [3.05, 3.63) is 36.2 Å². The van der Waals surface area contributed by atoms with Gasteiger partial charge < -0.3 is 15.4 Å². The maximum atomic E-state index is 13.5. The van der Waals surface area contributed by atoms with Gasteiger partial charge in [0.2, 0.25) is 5.75 Å². The molecule has 2 aromatic rings. The summed E-state index contributed by atoms with van der Waals surface area (Å²) in [6, 6.07) is 3.11. The number of rotatable bonds is 4. The number of hydrogen-bond acceptors (Lipinski definition) is 5. The van der Waals surface area contributed by atoms with Gasteiger partial charge in [0.25, 0.3) is 0 Å².